The predicted octanol–water partition coefficient (Wildman–Crippen LogP) is 3.14. The summed E-state index contributed by atoms with van der Waals surface area (Å²) in [6.45, 7) is 3.48. The topological polar surface area (TPSA) is 23.6 Å². The molecule has 0 bridgehead atoms. The van der Waals surface area contributed by atoms with E-state index in [4.69, 9.17) is 0 Å². The Hall–Kier alpha value is -1.01. The molecule has 3 nitrogen and oxygen atoms in total. The third-order valence-corrected chi connectivity index (χ3v) is 3.28. The average Bonchev–Trinajstić information content (AvgIpc) is 2.32. The Morgan fingerprint density at radius 3 is 2.15 bits per heavy atom. The molecule has 0 aromatic heterocycles. The fourth-order valence-electron chi connectivity index (χ4n) is 1.81. The van der Waals surface area contributed by atoms with Gasteiger partial charge < -0.3 is 9.80 Å². The zero-order valence-electron chi connectivity index (χ0n) is 11.9. The van der Waals surface area contributed by atoms with Crippen LogP contribution in [0.15, 0.2) is 16.6 Å². The molecular weight excluding hydrogens is 330 g/mol. The zero-order chi connectivity index (χ0) is 15.3. The Balaban J connectivity index is 3.00. The molecule has 0 fully saturated rings. The first-order valence-corrected chi connectivity index (χ1v) is 7.24. The summed E-state index contributed by atoms with van der Waals surface area (Å²) in [7, 11) is 3.77. The van der Waals surface area contributed by atoms with Crippen LogP contribution in [0, 0.1) is 11.6 Å². The van der Waals surface area contributed by atoms with Crippen molar-refractivity contribution in [2.75, 3.05) is 33.7 Å². The summed E-state index contributed by atoms with van der Waals surface area (Å²) in [4.78, 5) is 15.7. The van der Waals surface area contributed by atoms with Crippen LogP contribution in [0.1, 0.15) is 23.7 Å². The van der Waals surface area contributed by atoms with Crippen LogP contribution in [0.4, 0.5) is 8.78 Å². The number of carbonyl (C=O) groups excluding carboxylic acids is 1. The molecule has 1 aromatic rings. The van der Waals surface area contributed by atoms with Crippen LogP contribution in [0.5, 0.6) is 0 Å². The van der Waals surface area contributed by atoms with Gasteiger partial charge in [0.05, 0.1) is 0 Å². The maximum Gasteiger partial charge on any atom is 0.259 e. The summed E-state index contributed by atoms with van der Waals surface area (Å²) in [6, 6.07) is 2.21. The van der Waals surface area contributed by atoms with Gasteiger partial charge in [0.1, 0.15) is 17.2 Å². The lowest BCUT2D eigenvalue weighted by Gasteiger charge is -2.24. The number of hydrogen-bond acceptors (Lipinski definition) is 2. The number of rotatable bonds is 6. The van der Waals surface area contributed by atoms with Crippen molar-refractivity contribution in [1.29, 1.82) is 0 Å². The minimum Gasteiger partial charge on any atom is -0.337 e. The SMILES string of the molecule is CCCN(CCN(C)C)C(=O)c1c(F)cc(Br)cc1F. The first kappa shape index (κ1) is 17.0. The highest BCUT2D eigenvalue weighted by Crippen LogP contribution is 2.21. The van der Waals surface area contributed by atoms with Gasteiger partial charge in [-0.15, -0.1) is 0 Å². The number of halogens is 3. The maximum atomic E-state index is 13.8. The fourth-order valence-corrected chi connectivity index (χ4v) is 2.21. The Morgan fingerprint density at radius 2 is 1.70 bits per heavy atom. The predicted molar refractivity (Wildman–Crippen MR) is 78.8 cm³/mol. The number of nitrogens with zero attached hydrogens (tertiary/aromatic N) is 2. The molecule has 0 N–H and O–H groups in total. The maximum absolute atomic E-state index is 13.8. The van der Waals surface area contributed by atoms with Gasteiger partial charge in [0.25, 0.3) is 5.91 Å². The van der Waals surface area contributed by atoms with Crippen LogP contribution < -0.4 is 0 Å². The van der Waals surface area contributed by atoms with Crippen molar-refractivity contribution in [3.8, 4) is 0 Å². The van der Waals surface area contributed by atoms with Gasteiger partial charge in [0.15, 0.2) is 0 Å². The summed E-state index contributed by atoms with van der Waals surface area (Å²) in [5.41, 5.74) is -0.486. The number of benzene rings is 1. The van der Waals surface area contributed by atoms with Gasteiger partial charge in [-0.3, -0.25) is 4.79 Å². The molecule has 1 aromatic carbocycles. The van der Waals surface area contributed by atoms with Crippen molar-refractivity contribution < 1.29 is 13.6 Å². The van der Waals surface area contributed by atoms with E-state index in [1.807, 2.05) is 25.9 Å². The Kier molecular flexibility index (Phi) is 6.55. The average molecular weight is 349 g/mol. The largest absolute Gasteiger partial charge is 0.337 e. The van der Waals surface area contributed by atoms with E-state index in [-0.39, 0.29) is 4.47 Å². The van der Waals surface area contributed by atoms with Crippen LogP contribution in [0.3, 0.4) is 0 Å². The van der Waals surface area contributed by atoms with E-state index in [9.17, 15) is 13.6 Å². The number of carbonyl (C=O) groups is 1. The molecule has 0 saturated heterocycles. The monoisotopic (exact) mass is 348 g/mol. The molecule has 0 aliphatic heterocycles. The molecule has 0 saturated carbocycles. The third-order valence-electron chi connectivity index (χ3n) is 2.82. The number of amides is 1. The van der Waals surface area contributed by atoms with E-state index in [1.54, 1.807) is 0 Å². The van der Waals surface area contributed by atoms with E-state index in [0.717, 1.165) is 18.6 Å². The molecule has 0 spiro atoms. The normalized spacial score (nSPS) is 10.9. The molecule has 20 heavy (non-hydrogen) atoms. The minimum absolute atomic E-state index is 0.277. The van der Waals surface area contributed by atoms with Crippen molar-refractivity contribution in [1.82, 2.24) is 9.80 Å². The Morgan fingerprint density at radius 1 is 1.15 bits per heavy atom. The first-order valence-electron chi connectivity index (χ1n) is 6.45. The van der Waals surface area contributed by atoms with E-state index >= 15 is 0 Å². The quantitative estimate of drug-likeness (QED) is 0.788. The molecule has 0 aliphatic rings. The highest BCUT2D eigenvalue weighted by Gasteiger charge is 2.23. The van der Waals surface area contributed by atoms with E-state index < -0.39 is 23.1 Å². The van der Waals surface area contributed by atoms with Crippen molar-refractivity contribution in [2.45, 2.75) is 13.3 Å². The standard InChI is InChI=1S/C14H19BrF2N2O/c1-4-5-19(7-6-18(2)3)14(20)13-11(16)8-10(15)9-12(13)17/h8-9H,4-7H2,1-3H3. The summed E-state index contributed by atoms with van der Waals surface area (Å²) in [6.07, 6.45) is 0.735. The summed E-state index contributed by atoms with van der Waals surface area (Å²) >= 11 is 3.00. The van der Waals surface area contributed by atoms with Crippen LogP contribution in [-0.2, 0) is 0 Å². The van der Waals surface area contributed by atoms with E-state index in [2.05, 4.69) is 15.9 Å². The number of likely N-dealkylation sites (N-methyl/N-ethyl adjacent to an activating group) is 1. The molecule has 0 radical (unpaired) electrons. The molecule has 0 aliphatic carbocycles. The fraction of sp³-hybridized carbons (Fsp3) is 0.500. The smallest absolute Gasteiger partial charge is 0.259 e. The second-order valence-electron chi connectivity index (χ2n) is 4.84. The van der Waals surface area contributed by atoms with E-state index in [1.165, 1.54) is 4.90 Å². The van der Waals surface area contributed by atoms with Gasteiger partial charge >= 0.3 is 0 Å². The Labute approximate surface area is 126 Å². The second-order valence-corrected chi connectivity index (χ2v) is 5.76. The van der Waals surface area contributed by atoms with Crippen molar-refractivity contribution in [3.63, 3.8) is 0 Å². The van der Waals surface area contributed by atoms with Crippen LogP contribution in [-0.4, -0.2) is 49.4 Å². The lowest BCUT2D eigenvalue weighted by Crippen LogP contribution is -2.38. The molecular formula is C14H19BrF2N2O. The van der Waals surface area contributed by atoms with Crippen LogP contribution in [0.2, 0.25) is 0 Å². The van der Waals surface area contributed by atoms with Gasteiger partial charge in [-0.1, -0.05) is 22.9 Å². The molecule has 1 amide bonds. The van der Waals surface area contributed by atoms with Crippen molar-refractivity contribution >= 4 is 21.8 Å². The number of hydrogen-bond donors (Lipinski definition) is 0. The summed E-state index contributed by atoms with van der Waals surface area (Å²) in [5.74, 6) is -2.28. The zero-order valence-corrected chi connectivity index (χ0v) is 13.5. The highest BCUT2D eigenvalue weighted by molar-refractivity contribution is 9.10. The second kappa shape index (κ2) is 7.69. The third kappa shape index (κ3) is 4.52. The minimum atomic E-state index is -0.840. The highest BCUT2D eigenvalue weighted by atomic mass is 79.9. The summed E-state index contributed by atoms with van der Waals surface area (Å²) < 4.78 is 27.9. The molecule has 6 heteroatoms. The van der Waals surface area contributed by atoms with Gasteiger partial charge in [0, 0.05) is 24.1 Å². The molecule has 0 heterocycles. The Bertz CT molecular complexity index is 457. The lowest BCUT2D eigenvalue weighted by molar-refractivity contribution is 0.0735. The van der Waals surface area contributed by atoms with Gasteiger partial charge in [-0.25, -0.2) is 8.78 Å². The summed E-state index contributed by atoms with van der Waals surface area (Å²) in [5, 5.41) is 0. The molecule has 0 atom stereocenters. The van der Waals surface area contributed by atoms with Crippen molar-refractivity contribution in [3.05, 3.63) is 33.8 Å². The van der Waals surface area contributed by atoms with Gasteiger partial charge in [-0.2, -0.15) is 0 Å². The van der Waals surface area contributed by atoms with E-state index in [0.29, 0.717) is 19.6 Å². The van der Waals surface area contributed by atoms with Crippen LogP contribution in [0.25, 0.3) is 0 Å². The van der Waals surface area contributed by atoms with Gasteiger partial charge in [0.2, 0.25) is 0 Å². The van der Waals surface area contributed by atoms with Crippen molar-refractivity contribution in [2.24, 2.45) is 0 Å². The molecule has 1 rings (SSSR count). The lowest BCUT2D eigenvalue weighted by atomic mass is 10.1. The van der Waals surface area contributed by atoms with Gasteiger partial charge in [-0.05, 0) is 32.6 Å². The van der Waals surface area contributed by atoms with Crippen LogP contribution >= 0.6 is 15.9 Å². The molecule has 0 unspecified atom stereocenters. The molecule has 112 valence electrons. The first-order chi connectivity index (χ1) is 9.36.